The second-order valence-corrected chi connectivity index (χ2v) is 2.43. The summed E-state index contributed by atoms with van der Waals surface area (Å²) in [6.07, 6.45) is 0.897. The van der Waals surface area contributed by atoms with Crippen molar-refractivity contribution in [2.45, 2.75) is 13.3 Å². The van der Waals surface area contributed by atoms with Gasteiger partial charge in [-0.15, -0.1) is 0 Å². The van der Waals surface area contributed by atoms with Crippen LogP contribution in [0, 0.1) is 17.9 Å². The Kier molecular flexibility index (Phi) is 2.46. The minimum Gasteiger partial charge on any atom is -0.237 e. The van der Waals surface area contributed by atoms with E-state index in [1.54, 1.807) is 12.1 Å². The standard InChI is InChI=1S/C10H8N2/c1-3-8-4-5-9(7-11)10(6-8)12-2/h4-6H,3H2,1H3. The zero-order chi connectivity index (χ0) is 8.97. The van der Waals surface area contributed by atoms with Gasteiger partial charge in [0.25, 0.3) is 0 Å². The van der Waals surface area contributed by atoms with Gasteiger partial charge in [0.15, 0.2) is 0 Å². The van der Waals surface area contributed by atoms with Gasteiger partial charge >= 0.3 is 0 Å². The van der Waals surface area contributed by atoms with Gasteiger partial charge < -0.3 is 0 Å². The van der Waals surface area contributed by atoms with Crippen LogP contribution in [0.15, 0.2) is 18.2 Å². The van der Waals surface area contributed by atoms with Crippen molar-refractivity contribution in [1.82, 2.24) is 0 Å². The van der Waals surface area contributed by atoms with Crippen molar-refractivity contribution in [3.05, 3.63) is 40.7 Å². The Bertz CT molecular complexity index is 366. The Morgan fingerprint density at radius 3 is 2.83 bits per heavy atom. The lowest BCUT2D eigenvalue weighted by Crippen LogP contribution is -1.80. The van der Waals surface area contributed by atoms with Gasteiger partial charge in [-0.3, -0.25) is 0 Å². The number of aryl methyl sites for hydroxylation is 1. The van der Waals surface area contributed by atoms with E-state index in [1.165, 1.54) is 0 Å². The summed E-state index contributed by atoms with van der Waals surface area (Å²) in [5.41, 5.74) is 2.01. The molecular formula is C10H8N2. The van der Waals surface area contributed by atoms with E-state index in [9.17, 15) is 0 Å². The van der Waals surface area contributed by atoms with Gasteiger partial charge in [-0.25, -0.2) is 4.85 Å². The van der Waals surface area contributed by atoms with Crippen LogP contribution in [0.5, 0.6) is 0 Å². The molecular weight excluding hydrogens is 148 g/mol. The summed E-state index contributed by atoms with van der Waals surface area (Å²) in [5.74, 6) is 0. The summed E-state index contributed by atoms with van der Waals surface area (Å²) >= 11 is 0. The Balaban J connectivity index is 3.25. The van der Waals surface area contributed by atoms with Gasteiger partial charge in [0.1, 0.15) is 0 Å². The molecule has 58 valence electrons. The average Bonchev–Trinajstić information content (AvgIpc) is 2.16. The summed E-state index contributed by atoms with van der Waals surface area (Å²) in [7, 11) is 0. The van der Waals surface area contributed by atoms with Crippen LogP contribution in [0.3, 0.4) is 0 Å². The average molecular weight is 156 g/mol. The van der Waals surface area contributed by atoms with Crippen LogP contribution in [-0.2, 0) is 6.42 Å². The number of rotatable bonds is 1. The topological polar surface area (TPSA) is 28.1 Å². The number of nitrogens with zero attached hydrogens (tertiary/aromatic N) is 2. The highest BCUT2D eigenvalue weighted by atomic mass is 14.6. The number of nitriles is 1. The number of hydrogen-bond donors (Lipinski definition) is 0. The first kappa shape index (κ1) is 8.30. The quantitative estimate of drug-likeness (QED) is 0.574. The van der Waals surface area contributed by atoms with E-state index in [0.717, 1.165) is 12.0 Å². The molecule has 1 aromatic carbocycles. The molecule has 0 saturated carbocycles. The van der Waals surface area contributed by atoms with Crippen LogP contribution in [-0.4, -0.2) is 0 Å². The SMILES string of the molecule is [C-]#[N+]c1cc(CC)ccc1C#N. The van der Waals surface area contributed by atoms with Gasteiger partial charge in [-0.05, 0) is 6.42 Å². The molecule has 0 atom stereocenters. The predicted octanol–water partition coefficient (Wildman–Crippen LogP) is 2.67. The van der Waals surface area contributed by atoms with Crippen molar-refractivity contribution in [2.24, 2.45) is 0 Å². The first-order chi connectivity index (χ1) is 5.81. The molecule has 1 rings (SSSR count). The molecule has 0 amide bonds. The molecule has 0 aliphatic carbocycles. The van der Waals surface area contributed by atoms with E-state index < -0.39 is 0 Å². The van der Waals surface area contributed by atoms with Gasteiger partial charge in [0.2, 0.25) is 5.69 Å². The third-order valence-corrected chi connectivity index (χ3v) is 1.71. The largest absolute Gasteiger partial charge is 0.237 e. The molecule has 0 spiro atoms. The molecule has 0 aromatic heterocycles. The lowest BCUT2D eigenvalue weighted by Gasteiger charge is -1.97. The van der Waals surface area contributed by atoms with E-state index in [4.69, 9.17) is 11.8 Å². The third kappa shape index (κ3) is 1.44. The minimum atomic E-state index is 0.455. The molecule has 0 radical (unpaired) electrons. The van der Waals surface area contributed by atoms with Crippen molar-refractivity contribution in [3.8, 4) is 6.07 Å². The lowest BCUT2D eigenvalue weighted by molar-refractivity contribution is 1.14. The Labute approximate surface area is 71.9 Å². The molecule has 0 bridgehead atoms. The fourth-order valence-corrected chi connectivity index (χ4v) is 0.984. The van der Waals surface area contributed by atoms with Crippen LogP contribution < -0.4 is 0 Å². The molecule has 2 heteroatoms. The molecule has 0 unspecified atom stereocenters. The minimum absolute atomic E-state index is 0.455. The zero-order valence-electron chi connectivity index (χ0n) is 6.83. The maximum Gasteiger partial charge on any atom is 0.204 e. The monoisotopic (exact) mass is 156 g/mol. The van der Waals surface area contributed by atoms with Gasteiger partial charge in [0, 0.05) is 0 Å². The molecule has 0 fully saturated rings. The van der Waals surface area contributed by atoms with Crippen LogP contribution >= 0.6 is 0 Å². The van der Waals surface area contributed by atoms with Crippen molar-refractivity contribution >= 4 is 5.69 Å². The predicted molar refractivity (Wildman–Crippen MR) is 46.8 cm³/mol. The third-order valence-electron chi connectivity index (χ3n) is 1.71. The molecule has 1 aromatic rings. The highest BCUT2D eigenvalue weighted by Crippen LogP contribution is 2.20. The lowest BCUT2D eigenvalue weighted by atomic mass is 10.1. The highest BCUT2D eigenvalue weighted by molar-refractivity contribution is 5.59. The summed E-state index contributed by atoms with van der Waals surface area (Å²) < 4.78 is 0. The highest BCUT2D eigenvalue weighted by Gasteiger charge is 2.00. The van der Waals surface area contributed by atoms with E-state index in [2.05, 4.69) is 4.85 Å². The van der Waals surface area contributed by atoms with Gasteiger partial charge in [-0.1, -0.05) is 30.7 Å². The first-order valence-electron chi connectivity index (χ1n) is 3.72. The van der Waals surface area contributed by atoms with E-state index in [1.807, 2.05) is 19.1 Å². The molecule has 12 heavy (non-hydrogen) atoms. The summed E-state index contributed by atoms with van der Waals surface area (Å²) in [5, 5.41) is 8.62. The normalized spacial score (nSPS) is 8.58. The Hall–Kier alpha value is -1.80. The molecule has 0 N–H and O–H groups in total. The van der Waals surface area contributed by atoms with E-state index in [0.29, 0.717) is 11.3 Å². The summed E-state index contributed by atoms with van der Waals surface area (Å²) in [6, 6.07) is 7.34. The molecule has 0 saturated heterocycles. The smallest absolute Gasteiger partial charge is 0.204 e. The second kappa shape index (κ2) is 3.55. The Morgan fingerprint density at radius 2 is 2.33 bits per heavy atom. The second-order valence-electron chi connectivity index (χ2n) is 2.43. The fourth-order valence-electron chi connectivity index (χ4n) is 0.984. The molecule has 0 aliphatic rings. The van der Waals surface area contributed by atoms with E-state index in [-0.39, 0.29) is 0 Å². The van der Waals surface area contributed by atoms with Crippen LogP contribution in [0.1, 0.15) is 18.1 Å². The maximum absolute atomic E-state index is 8.62. The van der Waals surface area contributed by atoms with Crippen LogP contribution in [0.4, 0.5) is 5.69 Å². The molecule has 0 aliphatic heterocycles. The van der Waals surface area contributed by atoms with Crippen LogP contribution in [0.2, 0.25) is 0 Å². The van der Waals surface area contributed by atoms with Crippen molar-refractivity contribution in [2.75, 3.05) is 0 Å². The first-order valence-corrected chi connectivity index (χ1v) is 3.72. The van der Waals surface area contributed by atoms with Crippen molar-refractivity contribution in [1.29, 1.82) is 5.26 Å². The maximum atomic E-state index is 8.62. The number of hydrogen-bond acceptors (Lipinski definition) is 1. The molecule has 0 heterocycles. The van der Waals surface area contributed by atoms with Crippen molar-refractivity contribution < 1.29 is 0 Å². The van der Waals surface area contributed by atoms with Crippen molar-refractivity contribution in [3.63, 3.8) is 0 Å². The number of benzene rings is 1. The van der Waals surface area contributed by atoms with Gasteiger partial charge in [-0.2, -0.15) is 5.26 Å². The zero-order valence-corrected chi connectivity index (χ0v) is 6.83. The summed E-state index contributed by atoms with van der Waals surface area (Å²) in [6.45, 7) is 8.86. The Morgan fingerprint density at radius 1 is 1.58 bits per heavy atom. The fraction of sp³-hybridized carbons (Fsp3) is 0.200. The van der Waals surface area contributed by atoms with E-state index >= 15 is 0 Å². The van der Waals surface area contributed by atoms with Gasteiger partial charge in [0.05, 0.1) is 18.2 Å². The summed E-state index contributed by atoms with van der Waals surface area (Å²) in [4.78, 5) is 3.28. The molecule has 2 nitrogen and oxygen atoms in total. The van der Waals surface area contributed by atoms with Crippen LogP contribution in [0.25, 0.3) is 4.85 Å².